The van der Waals surface area contributed by atoms with Crippen molar-refractivity contribution in [1.82, 2.24) is 0 Å². The largest absolute Gasteiger partial charge is 0.618 e. The van der Waals surface area contributed by atoms with Gasteiger partial charge in [-0.2, -0.15) is 4.73 Å². The second-order valence-corrected chi connectivity index (χ2v) is 2.59. The molecule has 0 amide bonds. The molecule has 1 aromatic rings. The molecule has 0 aliphatic rings. The Bertz CT molecular complexity index is 323. The molecule has 1 heterocycles. The van der Waals surface area contributed by atoms with Crippen LogP contribution in [-0.2, 0) is 11.2 Å². The van der Waals surface area contributed by atoms with Crippen molar-refractivity contribution < 1.29 is 14.3 Å². The van der Waals surface area contributed by atoms with E-state index in [0.717, 1.165) is 12.0 Å². The Balaban J connectivity index is 3.05. The summed E-state index contributed by atoms with van der Waals surface area (Å²) in [5, 5.41) is 11.2. The second kappa shape index (κ2) is 3.89. The van der Waals surface area contributed by atoms with Gasteiger partial charge in [-0.05, 0) is 12.5 Å². The highest BCUT2D eigenvalue weighted by Gasteiger charge is 2.15. The van der Waals surface area contributed by atoms with E-state index in [0.29, 0.717) is 4.73 Å². The summed E-state index contributed by atoms with van der Waals surface area (Å²) in [6.45, 7) is 1.94. The Kier molecular flexibility index (Phi) is 2.84. The maximum absolute atomic E-state index is 11.2. The maximum Gasteiger partial charge on any atom is 0.404 e. The van der Waals surface area contributed by atoms with Crippen LogP contribution in [0.1, 0.15) is 23.0 Å². The quantitative estimate of drug-likeness (QED) is 0.383. The lowest BCUT2D eigenvalue weighted by atomic mass is 10.2. The minimum absolute atomic E-state index is 0.0136. The monoisotopic (exact) mass is 181 g/mol. The van der Waals surface area contributed by atoms with Gasteiger partial charge in [-0.3, -0.25) is 0 Å². The number of rotatable bonds is 2. The number of ether oxygens (including phenoxy) is 1. The minimum Gasteiger partial charge on any atom is -0.618 e. The lowest BCUT2D eigenvalue weighted by Gasteiger charge is -2.03. The summed E-state index contributed by atoms with van der Waals surface area (Å²) in [5.74, 6) is -0.613. The zero-order chi connectivity index (χ0) is 9.84. The molecule has 0 saturated heterocycles. The SMILES string of the molecule is CCc1ccc(C(=O)OC)[n+]([O-])c1. The molecule has 13 heavy (non-hydrogen) atoms. The highest BCUT2D eigenvalue weighted by atomic mass is 16.5. The molecule has 1 aromatic heterocycles. The highest BCUT2D eigenvalue weighted by Crippen LogP contribution is 2.00. The molecule has 0 N–H and O–H groups in total. The molecular weight excluding hydrogens is 170 g/mol. The van der Waals surface area contributed by atoms with Crippen LogP contribution in [0.5, 0.6) is 0 Å². The van der Waals surface area contributed by atoms with E-state index in [1.54, 1.807) is 6.07 Å². The number of aryl methyl sites for hydroxylation is 1. The van der Waals surface area contributed by atoms with Crippen LogP contribution < -0.4 is 4.73 Å². The first kappa shape index (κ1) is 9.51. The molecule has 0 saturated carbocycles. The summed E-state index contributed by atoms with van der Waals surface area (Å²) in [5.41, 5.74) is 0.905. The first-order valence-electron chi connectivity index (χ1n) is 3.99. The average Bonchev–Trinajstić information content (AvgIpc) is 2.16. The normalized spacial score (nSPS) is 9.69. The Morgan fingerprint density at radius 2 is 2.31 bits per heavy atom. The van der Waals surface area contributed by atoms with E-state index in [1.165, 1.54) is 19.4 Å². The Morgan fingerprint density at radius 1 is 1.62 bits per heavy atom. The third-order valence-corrected chi connectivity index (χ3v) is 1.78. The molecular formula is C9H11NO3. The third-order valence-electron chi connectivity index (χ3n) is 1.78. The van der Waals surface area contributed by atoms with Crippen molar-refractivity contribution in [2.45, 2.75) is 13.3 Å². The van der Waals surface area contributed by atoms with E-state index >= 15 is 0 Å². The van der Waals surface area contributed by atoms with Crippen LogP contribution >= 0.6 is 0 Å². The average molecular weight is 181 g/mol. The number of hydrogen-bond donors (Lipinski definition) is 0. The van der Waals surface area contributed by atoms with Gasteiger partial charge in [0.05, 0.1) is 7.11 Å². The van der Waals surface area contributed by atoms with Crippen LogP contribution in [0.4, 0.5) is 0 Å². The van der Waals surface area contributed by atoms with Crippen LogP contribution in [0.2, 0.25) is 0 Å². The summed E-state index contributed by atoms with van der Waals surface area (Å²) in [6, 6.07) is 3.21. The van der Waals surface area contributed by atoms with Gasteiger partial charge < -0.3 is 9.94 Å². The molecule has 4 heteroatoms. The van der Waals surface area contributed by atoms with Gasteiger partial charge >= 0.3 is 11.7 Å². The maximum atomic E-state index is 11.2. The van der Waals surface area contributed by atoms with Crippen molar-refractivity contribution in [3.63, 3.8) is 0 Å². The number of carbonyl (C=O) groups is 1. The predicted molar refractivity (Wildman–Crippen MR) is 46.1 cm³/mol. The van der Waals surface area contributed by atoms with Gasteiger partial charge in [0.15, 0.2) is 6.20 Å². The van der Waals surface area contributed by atoms with Crippen molar-refractivity contribution in [2.24, 2.45) is 0 Å². The topological polar surface area (TPSA) is 53.2 Å². The van der Waals surface area contributed by atoms with Gasteiger partial charge in [0.2, 0.25) is 0 Å². The molecule has 0 spiro atoms. The van der Waals surface area contributed by atoms with Crippen LogP contribution in [-0.4, -0.2) is 13.1 Å². The molecule has 70 valence electrons. The van der Waals surface area contributed by atoms with Crippen molar-refractivity contribution in [3.8, 4) is 0 Å². The zero-order valence-electron chi connectivity index (χ0n) is 7.61. The van der Waals surface area contributed by atoms with Crippen molar-refractivity contribution in [1.29, 1.82) is 0 Å². The Hall–Kier alpha value is -1.58. The van der Waals surface area contributed by atoms with Crippen LogP contribution in [0, 0.1) is 5.21 Å². The van der Waals surface area contributed by atoms with Gasteiger partial charge in [-0.1, -0.05) is 6.92 Å². The summed E-state index contributed by atoms with van der Waals surface area (Å²) < 4.78 is 4.96. The van der Waals surface area contributed by atoms with Crippen molar-refractivity contribution in [2.75, 3.05) is 7.11 Å². The zero-order valence-corrected chi connectivity index (χ0v) is 7.61. The van der Waals surface area contributed by atoms with Gasteiger partial charge in [0.25, 0.3) is 0 Å². The molecule has 0 unspecified atom stereocenters. The van der Waals surface area contributed by atoms with E-state index in [-0.39, 0.29) is 5.69 Å². The Morgan fingerprint density at radius 3 is 2.77 bits per heavy atom. The van der Waals surface area contributed by atoms with Gasteiger partial charge in [0, 0.05) is 11.6 Å². The molecule has 0 aromatic carbocycles. The van der Waals surface area contributed by atoms with Gasteiger partial charge in [-0.15, -0.1) is 0 Å². The standard InChI is InChI=1S/C9H11NO3/c1-3-7-4-5-8(9(11)13-2)10(12)6-7/h4-6H,3H2,1-2H3. The first-order chi connectivity index (χ1) is 6.19. The molecule has 0 fully saturated rings. The molecule has 0 bridgehead atoms. The number of pyridine rings is 1. The highest BCUT2D eigenvalue weighted by molar-refractivity contribution is 5.85. The Labute approximate surface area is 76.3 Å². The molecule has 0 aliphatic carbocycles. The van der Waals surface area contributed by atoms with E-state index in [4.69, 9.17) is 0 Å². The second-order valence-electron chi connectivity index (χ2n) is 2.59. The number of methoxy groups -OCH3 is 1. The van der Waals surface area contributed by atoms with Gasteiger partial charge in [0.1, 0.15) is 0 Å². The van der Waals surface area contributed by atoms with E-state index in [2.05, 4.69) is 4.74 Å². The fraction of sp³-hybridized carbons (Fsp3) is 0.333. The van der Waals surface area contributed by atoms with Crippen molar-refractivity contribution >= 4 is 5.97 Å². The van der Waals surface area contributed by atoms with Gasteiger partial charge in [-0.25, -0.2) is 4.79 Å². The molecule has 1 rings (SSSR count). The number of carbonyl (C=O) groups excluding carboxylic acids is 1. The summed E-state index contributed by atoms with van der Waals surface area (Å²) in [7, 11) is 1.25. The van der Waals surface area contributed by atoms with Crippen LogP contribution in [0.25, 0.3) is 0 Å². The fourth-order valence-electron chi connectivity index (χ4n) is 0.994. The molecule has 0 aliphatic heterocycles. The number of aromatic nitrogens is 1. The third kappa shape index (κ3) is 1.96. The predicted octanol–water partition coefficient (Wildman–Crippen LogP) is 0.669. The number of nitrogens with zero attached hydrogens (tertiary/aromatic N) is 1. The summed E-state index contributed by atoms with van der Waals surface area (Å²) in [4.78, 5) is 11.0. The fourth-order valence-corrected chi connectivity index (χ4v) is 0.994. The smallest absolute Gasteiger partial charge is 0.404 e. The lowest BCUT2D eigenvalue weighted by Crippen LogP contribution is -2.35. The van der Waals surface area contributed by atoms with E-state index in [9.17, 15) is 10.0 Å². The first-order valence-corrected chi connectivity index (χ1v) is 3.99. The molecule has 4 nitrogen and oxygen atoms in total. The minimum atomic E-state index is -0.613. The van der Waals surface area contributed by atoms with Crippen LogP contribution in [0.15, 0.2) is 18.3 Å². The lowest BCUT2D eigenvalue weighted by molar-refractivity contribution is -0.608. The van der Waals surface area contributed by atoms with Crippen LogP contribution in [0.3, 0.4) is 0 Å². The van der Waals surface area contributed by atoms with E-state index < -0.39 is 5.97 Å². The molecule has 0 radical (unpaired) electrons. The number of hydrogen-bond acceptors (Lipinski definition) is 3. The number of esters is 1. The molecule has 0 atom stereocenters. The van der Waals surface area contributed by atoms with Crippen molar-refractivity contribution in [3.05, 3.63) is 34.8 Å². The summed E-state index contributed by atoms with van der Waals surface area (Å²) >= 11 is 0. The van der Waals surface area contributed by atoms with E-state index in [1.807, 2.05) is 6.92 Å². The summed E-state index contributed by atoms with van der Waals surface area (Å²) in [6.07, 6.45) is 2.15.